The van der Waals surface area contributed by atoms with E-state index in [1.807, 2.05) is 36.5 Å². The first-order valence-electron chi connectivity index (χ1n) is 8.64. The first-order valence-corrected chi connectivity index (χ1v) is 9.02. The average molecular weight is 486 g/mol. The molecular weight excluding hydrogens is 461 g/mol. The summed E-state index contributed by atoms with van der Waals surface area (Å²) in [6.45, 7) is 3.54. The molecule has 0 unspecified atom stereocenters. The summed E-state index contributed by atoms with van der Waals surface area (Å²) in [4.78, 5) is 11.1. The maximum atomic E-state index is 6.19. The minimum absolute atomic E-state index is 0. The van der Waals surface area contributed by atoms with Crippen molar-refractivity contribution in [3.63, 3.8) is 0 Å². The minimum atomic E-state index is 0. The zero-order valence-electron chi connectivity index (χ0n) is 14.9. The minimum Gasteiger partial charge on any atom is -0.357 e. The molecule has 3 rings (SSSR count). The van der Waals surface area contributed by atoms with Crippen LogP contribution in [0.5, 0.6) is 0 Å². The Balaban J connectivity index is 0.00000243. The number of benzene rings is 1. The van der Waals surface area contributed by atoms with E-state index in [2.05, 4.69) is 31.6 Å². The van der Waals surface area contributed by atoms with E-state index in [0.29, 0.717) is 13.1 Å². The molecule has 1 aromatic carbocycles. The van der Waals surface area contributed by atoms with Gasteiger partial charge in [-0.1, -0.05) is 29.8 Å². The summed E-state index contributed by atoms with van der Waals surface area (Å²) in [5.41, 5.74) is 2.24. The average Bonchev–Trinajstić information content (AvgIpc) is 3.18. The summed E-state index contributed by atoms with van der Waals surface area (Å²) in [6.07, 6.45) is 4.39. The molecule has 1 aliphatic heterocycles. The molecule has 1 fully saturated rings. The lowest BCUT2D eigenvalue weighted by atomic mass is 10.2. The first-order chi connectivity index (χ1) is 12.3. The third kappa shape index (κ3) is 5.74. The van der Waals surface area contributed by atoms with Crippen LogP contribution in [0, 0.1) is 0 Å². The van der Waals surface area contributed by atoms with Crippen LogP contribution in [0.25, 0.3) is 0 Å². The fourth-order valence-electron chi connectivity index (χ4n) is 2.92. The number of aromatic nitrogens is 1. The SMILES string of the molecule is CN=C(NCc1ccnc(N2CCCC2)c1)NCc1ccccc1Cl.I. The van der Waals surface area contributed by atoms with Crippen LogP contribution in [0.1, 0.15) is 24.0 Å². The summed E-state index contributed by atoms with van der Waals surface area (Å²) in [6, 6.07) is 12.0. The van der Waals surface area contributed by atoms with Crippen LogP contribution in [0.4, 0.5) is 5.82 Å². The second-order valence-electron chi connectivity index (χ2n) is 6.09. The highest BCUT2D eigenvalue weighted by molar-refractivity contribution is 14.0. The third-order valence-corrected chi connectivity index (χ3v) is 4.70. The summed E-state index contributed by atoms with van der Waals surface area (Å²) in [5, 5.41) is 7.40. The molecule has 0 spiro atoms. The molecule has 0 saturated carbocycles. The molecule has 5 nitrogen and oxygen atoms in total. The number of anilines is 1. The van der Waals surface area contributed by atoms with E-state index in [9.17, 15) is 0 Å². The normalized spacial score (nSPS) is 14.1. The van der Waals surface area contributed by atoms with E-state index in [1.54, 1.807) is 7.05 Å². The zero-order valence-corrected chi connectivity index (χ0v) is 18.0. The molecule has 1 aromatic heterocycles. The van der Waals surface area contributed by atoms with Crippen LogP contribution in [-0.4, -0.2) is 31.1 Å². The number of halogens is 2. The van der Waals surface area contributed by atoms with E-state index in [4.69, 9.17) is 11.6 Å². The van der Waals surface area contributed by atoms with E-state index in [1.165, 1.54) is 18.4 Å². The van der Waals surface area contributed by atoms with Gasteiger partial charge in [0.25, 0.3) is 0 Å². The lowest BCUT2D eigenvalue weighted by Crippen LogP contribution is -2.36. The third-order valence-electron chi connectivity index (χ3n) is 4.33. The van der Waals surface area contributed by atoms with Crippen LogP contribution in [0.3, 0.4) is 0 Å². The van der Waals surface area contributed by atoms with Gasteiger partial charge in [-0.15, -0.1) is 24.0 Å². The fourth-order valence-corrected chi connectivity index (χ4v) is 3.12. The molecule has 26 heavy (non-hydrogen) atoms. The van der Waals surface area contributed by atoms with E-state index < -0.39 is 0 Å². The molecule has 0 atom stereocenters. The Morgan fingerprint density at radius 3 is 2.62 bits per heavy atom. The summed E-state index contributed by atoms with van der Waals surface area (Å²) >= 11 is 6.19. The standard InChI is InChI=1S/C19H24ClN5.HI/c1-21-19(24-14-16-6-2-3-7-17(16)20)23-13-15-8-9-22-18(12-15)25-10-4-5-11-25;/h2-3,6-9,12H,4-5,10-11,13-14H2,1H3,(H2,21,23,24);1H. The van der Waals surface area contributed by atoms with E-state index in [-0.39, 0.29) is 24.0 Å². The van der Waals surface area contributed by atoms with Crippen molar-refractivity contribution in [1.82, 2.24) is 15.6 Å². The van der Waals surface area contributed by atoms with Gasteiger partial charge in [0.2, 0.25) is 0 Å². The Hall–Kier alpha value is -1.54. The lowest BCUT2D eigenvalue weighted by Gasteiger charge is -2.17. The summed E-state index contributed by atoms with van der Waals surface area (Å²) in [5.74, 6) is 1.82. The van der Waals surface area contributed by atoms with Crippen LogP contribution in [-0.2, 0) is 13.1 Å². The zero-order chi connectivity index (χ0) is 17.5. The fraction of sp³-hybridized carbons (Fsp3) is 0.368. The largest absolute Gasteiger partial charge is 0.357 e. The van der Waals surface area contributed by atoms with Crippen molar-refractivity contribution < 1.29 is 0 Å². The van der Waals surface area contributed by atoms with Gasteiger partial charge in [-0.3, -0.25) is 4.99 Å². The van der Waals surface area contributed by atoms with Crippen LogP contribution >= 0.6 is 35.6 Å². The van der Waals surface area contributed by atoms with Crippen molar-refractivity contribution in [3.8, 4) is 0 Å². The molecule has 2 heterocycles. The molecule has 7 heteroatoms. The predicted octanol–water partition coefficient (Wildman–Crippen LogP) is 3.82. The number of aliphatic imine (C=N–C) groups is 1. The Bertz CT molecular complexity index is 731. The number of pyridine rings is 1. The van der Waals surface area contributed by atoms with Gasteiger partial charge in [0.15, 0.2) is 5.96 Å². The highest BCUT2D eigenvalue weighted by atomic mass is 127. The second-order valence-corrected chi connectivity index (χ2v) is 6.49. The lowest BCUT2D eigenvalue weighted by molar-refractivity contribution is 0.807. The van der Waals surface area contributed by atoms with Gasteiger partial charge in [-0.2, -0.15) is 0 Å². The van der Waals surface area contributed by atoms with Crippen LogP contribution in [0.15, 0.2) is 47.6 Å². The Labute approximate surface area is 177 Å². The smallest absolute Gasteiger partial charge is 0.191 e. The highest BCUT2D eigenvalue weighted by Gasteiger charge is 2.13. The van der Waals surface area contributed by atoms with Crippen molar-refractivity contribution in [1.29, 1.82) is 0 Å². The van der Waals surface area contributed by atoms with Crippen LogP contribution < -0.4 is 15.5 Å². The van der Waals surface area contributed by atoms with Gasteiger partial charge in [0.1, 0.15) is 5.82 Å². The van der Waals surface area contributed by atoms with Crippen molar-refractivity contribution in [3.05, 3.63) is 58.7 Å². The van der Waals surface area contributed by atoms with Crippen molar-refractivity contribution in [2.75, 3.05) is 25.0 Å². The number of hydrogen-bond donors (Lipinski definition) is 2. The predicted molar refractivity (Wildman–Crippen MR) is 120 cm³/mol. The topological polar surface area (TPSA) is 52.6 Å². The number of rotatable bonds is 5. The number of guanidine groups is 1. The maximum Gasteiger partial charge on any atom is 0.191 e. The summed E-state index contributed by atoms with van der Waals surface area (Å²) in [7, 11) is 1.77. The first kappa shape index (κ1) is 20.8. The maximum absolute atomic E-state index is 6.19. The number of hydrogen-bond acceptors (Lipinski definition) is 3. The molecule has 0 bridgehead atoms. The van der Waals surface area contributed by atoms with Crippen molar-refractivity contribution in [2.45, 2.75) is 25.9 Å². The van der Waals surface area contributed by atoms with Gasteiger partial charge < -0.3 is 15.5 Å². The monoisotopic (exact) mass is 485 g/mol. The molecule has 1 aliphatic rings. The van der Waals surface area contributed by atoms with Gasteiger partial charge in [0, 0.05) is 44.4 Å². The molecular formula is C19H25ClIN5. The Morgan fingerprint density at radius 2 is 1.88 bits per heavy atom. The molecule has 0 amide bonds. The van der Waals surface area contributed by atoms with Crippen molar-refractivity contribution >= 4 is 47.4 Å². The summed E-state index contributed by atoms with van der Waals surface area (Å²) < 4.78 is 0. The Morgan fingerprint density at radius 1 is 1.15 bits per heavy atom. The van der Waals surface area contributed by atoms with Gasteiger partial charge in [-0.05, 0) is 42.2 Å². The molecule has 1 saturated heterocycles. The Kier molecular flexibility index (Phi) is 8.44. The number of nitrogens with zero attached hydrogens (tertiary/aromatic N) is 3. The molecule has 0 radical (unpaired) electrons. The molecule has 2 N–H and O–H groups in total. The van der Waals surface area contributed by atoms with Crippen LogP contribution in [0.2, 0.25) is 5.02 Å². The second kappa shape index (κ2) is 10.6. The number of nitrogens with one attached hydrogen (secondary N) is 2. The molecule has 0 aliphatic carbocycles. The molecule has 2 aromatic rings. The van der Waals surface area contributed by atoms with Crippen molar-refractivity contribution in [2.24, 2.45) is 4.99 Å². The van der Waals surface area contributed by atoms with Gasteiger partial charge >= 0.3 is 0 Å². The quantitative estimate of drug-likeness (QED) is 0.384. The molecule has 140 valence electrons. The van der Waals surface area contributed by atoms with Gasteiger partial charge in [0.05, 0.1) is 0 Å². The van der Waals surface area contributed by atoms with E-state index >= 15 is 0 Å². The highest BCUT2D eigenvalue weighted by Crippen LogP contribution is 2.18. The van der Waals surface area contributed by atoms with E-state index in [0.717, 1.165) is 35.5 Å². The van der Waals surface area contributed by atoms with Gasteiger partial charge in [-0.25, -0.2) is 4.98 Å².